The van der Waals surface area contributed by atoms with Gasteiger partial charge in [0.25, 0.3) is 0 Å². The molecular weight excluding hydrogens is 1530 g/mol. The number of rotatable bonds is 9. The Labute approximate surface area is 728 Å². The SMILES string of the molecule is N#Cc1ccc(-c2cc3c(-c4cccc5ccccc45)cc(-c4cccc5ccccc45)nc3c3ccccc23)cc1.[C-]#[N+]c1cccc(-c2cc3c(-c4cccc5ccccc45)cc(-c4cccc5ccccc45)nc3c3ccccc23)c1.[C-]#[N+]c1ccccc1-c1cc2c(-c3cccc4ccccc34)cc(-c3cccc4ccccc34)nc2c2ccccc12. The Morgan fingerprint density at radius 1 is 0.190 bits per heavy atom. The van der Waals surface area contributed by atoms with Crippen LogP contribution in [0.3, 0.4) is 0 Å². The smallest absolute Gasteiger partial charge is 0.194 e. The van der Waals surface area contributed by atoms with E-state index in [0.717, 1.165) is 149 Å². The van der Waals surface area contributed by atoms with Gasteiger partial charge in [0.15, 0.2) is 11.4 Å². The van der Waals surface area contributed by atoms with Crippen molar-refractivity contribution >= 4 is 141 Å². The minimum Gasteiger partial charge on any atom is -0.247 e. The third-order valence-electron chi connectivity index (χ3n) is 24.8. The lowest BCUT2D eigenvalue weighted by atomic mass is 9.89. The topological polar surface area (TPSA) is 71.2 Å². The van der Waals surface area contributed by atoms with Crippen LogP contribution in [0.15, 0.2) is 437 Å². The second-order valence-corrected chi connectivity index (χ2v) is 31.9. The van der Waals surface area contributed by atoms with Gasteiger partial charge >= 0.3 is 0 Å². The molecule has 0 spiro atoms. The Kier molecular flexibility index (Phi) is 19.0. The van der Waals surface area contributed by atoms with Gasteiger partial charge in [0, 0.05) is 49.0 Å². The van der Waals surface area contributed by atoms with E-state index >= 15 is 0 Å². The minimum absolute atomic E-state index is 0.635. The highest BCUT2D eigenvalue weighted by Crippen LogP contribution is 2.49. The molecule has 0 N–H and O–H groups in total. The van der Waals surface area contributed by atoms with Crippen LogP contribution in [0, 0.1) is 24.5 Å². The van der Waals surface area contributed by atoms with E-state index in [1.165, 1.54) is 81.3 Å². The Balaban J connectivity index is 0.000000112. The van der Waals surface area contributed by atoms with Crippen LogP contribution in [-0.4, -0.2) is 15.0 Å². The van der Waals surface area contributed by atoms with E-state index in [0.29, 0.717) is 16.9 Å². The van der Waals surface area contributed by atoms with Crippen molar-refractivity contribution in [3.05, 3.63) is 465 Å². The maximum atomic E-state index is 9.39. The summed E-state index contributed by atoms with van der Waals surface area (Å²) >= 11 is 0. The van der Waals surface area contributed by atoms with Crippen LogP contribution in [0.4, 0.5) is 11.4 Å². The molecule has 6 nitrogen and oxygen atoms in total. The Morgan fingerprint density at radius 3 is 0.817 bits per heavy atom. The lowest BCUT2D eigenvalue weighted by molar-refractivity contribution is 1.42. The van der Waals surface area contributed by atoms with Crippen molar-refractivity contribution in [1.29, 1.82) is 5.26 Å². The summed E-state index contributed by atoms with van der Waals surface area (Å²) in [7, 11) is 0. The number of nitrogens with zero attached hydrogens (tertiary/aromatic N) is 6. The first kappa shape index (κ1) is 74.9. The van der Waals surface area contributed by atoms with Gasteiger partial charge in [0.2, 0.25) is 0 Å². The van der Waals surface area contributed by atoms with Crippen LogP contribution in [0.2, 0.25) is 0 Å². The number of para-hydroxylation sites is 1. The molecule has 0 bridgehead atoms. The van der Waals surface area contributed by atoms with E-state index in [1.807, 2.05) is 60.7 Å². The quantitative estimate of drug-likeness (QED) is 0.107. The molecule has 3 aromatic heterocycles. The van der Waals surface area contributed by atoms with Gasteiger partial charge in [-0.3, -0.25) is 0 Å². The van der Waals surface area contributed by atoms with Gasteiger partial charge < -0.3 is 0 Å². The molecule has 0 amide bonds. The number of hydrogen-bond acceptors (Lipinski definition) is 4. The van der Waals surface area contributed by atoms with E-state index < -0.39 is 0 Å². The molecule has 0 saturated carbocycles. The molecule has 6 heteroatoms. The molecule has 0 unspecified atom stereocenters. The number of fused-ring (bicyclic) bond motifs is 15. The summed E-state index contributed by atoms with van der Waals surface area (Å²) in [6, 6.07) is 155. The van der Waals surface area contributed by atoms with Crippen LogP contribution in [-0.2, 0) is 0 Å². The average molecular weight is 1600 g/mol. The van der Waals surface area contributed by atoms with Gasteiger partial charge in [-0.05, 0) is 202 Å². The molecule has 21 aromatic carbocycles. The van der Waals surface area contributed by atoms with E-state index in [-0.39, 0.29) is 0 Å². The van der Waals surface area contributed by atoms with Gasteiger partial charge in [-0.2, -0.15) is 5.26 Å². The van der Waals surface area contributed by atoms with Crippen molar-refractivity contribution < 1.29 is 0 Å². The minimum atomic E-state index is 0.635. The van der Waals surface area contributed by atoms with E-state index in [2.05, 4.69) is 392 Å². The summed E-state index contributed by atoms with van der Waals surface area (Å²) in [4.78, 5) is 23.8. The van der Waals surface area contributed by atoms with Crippen molar-refractivity contribution in [2.75, 3.05) is 0 Å². The normalized spacial score (nSPS) is 11.3. The summed E-state index contributed by atoms with van der Waals surface area (Å²) in [6.45, 7) is 15.5. The Morgan fingerprint density at radius 2 is 0.460 bits per heavy atom. The number of aromatic nitrogens is 3. The highest BCUT2D eigenvalue weighted by molar-refractivity contribution is 6.22. The third-order valence-corrected chi connectivity index (χ3v) is 24.8. The number of hydrogen-bond donors (Lipinski definition) is 0. The third kappa shape index (κ3) is 13.3. The van der Waals surface area contributed by atoms with Crippen LogP contribution >= 0.6 is 0 Å². The second kappa shape index (κ2) is 32.0. The van der Waals surface area contributed by atoms with Crippen LogP contribution < -0.4 is 0 Å². The van der Waals surface area contributed by atoms with Crippen LogP contribution in [0.5, 0.6) is 0 Å². The van der Waals surface area contributed by atoms with Crippen LogP contribution in [0.1, 0.15) is 5.56 Å². The fraction of sp³-hybridized carbons (Fsp3) is 0. The first-order valence-corrected chi connectivity index (χ1v) is 42.3. The van der Waals surface area contributed by atoms with Gasteiger partial charge in [-0.15, -0.1) is 0 Å². The lowest BCUT2D eigenvalue weighted by Gasteiger charge is -2.17. The number of benzene rings is 21. The first-order chi connectivity index (χ1) is 62.4. The highest BCUT2D eigenvalue weighted by atomic mass is 14.7. The largest absolute Gasteiger partial charge is 0.247 e. The van der Waals surface area contributed by atoms with Crippen molar-refractivity contribution in [3.63, 3.8) is 0 Å². The van der Waals surface area contributed by atoms with E-state index in [9.17, 15) is 5.26 Å². The zero-order valence-corrected chi connectivity index (χ0v) is 68.3. The highest BCUT2D eigenvalue weighted by Gasteiger charge is 2.24. The van der Waals surface area contributed by atoms with Crippen molar-refractivity contribution in [2.24, 2.45) is 0 Å². The molecule has 126 heavy (non-hydrogen) atoms. The molecule has 0 aliphatic carbocycles. The zero-order valence-electron chi connectivity index (χ0n) is 68.3. The summed E-state index contributed by atoms with van der Waals surface area (Å²) < 4.78 is 0. The van der Waals surface area contributed by atoms with Gasteiger partial charge in [0.05, 0.1) is 58.4 Å². The van der Waals surface area contributed by atoms with Gasteiger partial charge in [-0.1, -0.05) is 382 Å². The van der Waals surface area contributed by atoms with Gasteiger partial charge in [-0.25, -0.2) is 24.6 Å². The molecule has 0 saturated heterocycles. The number of pyridine rings is 3. The number of nitriles is 1. The fourth-order valence-electron chi connectivity index (χ4n) is 18.9. The maximum Gasteiger partial charge on any atom is 0.194 e. The van der Waals surface area contributed by atoms with Crippen molar-refractivity contribution in [1.82, 2.24) is 15.0 Å². The van der Waals surface area contributed by atoms with Gasteiger partial charge in [0.1, 0.15) is 0 Å². The average Bonchev–Trinajstić information content (AvgIpc) is 0.740. The fourth-order valence-corrected chi connectivity index (χ4v) is 18.9. The maximum absolute atomic E-state index is 9.39. The van der Waals surface area contributed by atoms with E-state index in [1.54, 1.807) is 0 Å². The predicted molar refractivity (Wildman–Crippen MR) is 529 cm³/mol. The summed E-state index contributed by atoms with van der Waals surface area (Å²) in [5.41, 5.74) is 24.4. The molecule has 0 aliphatic heterocycles. The summed E-state index contributed by atoms with van der Waals surface area (Å²) in [5, 5.41) is 33.7. The Bertz CT molecular complexity index is 8690. The molecule has 0 fully saturated rings. The standard InChI is InChI=1S/3C40H24N2/c1-41-29-16-8-15-28(23-29)36-24-38-37(32-21-9-13-26-11-2-4-17-30(26)32)25-39(42-40(38)35-20-7-6-19-33(35)36)34-22-10-14-27-12-3-5-18-31(27)34;1-41-38-23-9-8-19-33(38)35-24-37-36(30-21-10-14-26-12-2-4-16-28(26)30)25-39(42-40(37)34-20-7-6-18-31(34)35)32-22-11-15-27-13-3-5-17-29(27)32;41-25-26-19-21-29(22-20-26)36-23-38-37(32-17-7-11-27-9-1-3-13-30(27)32)24-39(42-40(38)35-16-6-5-15-33(35)36)34-18-8-12-28-10-2-4-14-31(28)34/h2*2-25H;1-24H. The Hall–Kier alpha value is -17.3. The van der Waals surface area contributed by atoms with Crippen molar-refractivity contribution in [3.8, 4) is 107 Å². The first-order valence-electron chi connectivity index (χ1n) is 42.3. The summed E-state index contributed by atoms with van der Waals surface area (Å²) in [5.74, 6) is 0. The summed E-state index contributed by atoms with van der Waals surface area (Å²) in [6.07, 6.45) is 0. The predicted octanol–water partition coefficient (Wildman–Crippen LogP) is 33.1. The second-order valence-electron chi connectivity index (χ2n) is 31.9. The molecule has 0 aliphatic rings. The monoisotopic (exact) mass is 1600 g/mol. The molecule has 3 heterocycles. The molecule has 0 radical (unpaired) electrons. The van der Waals surface area contributed by atoms with E-state index in [4.69, 9.17) is 28.1 Å². The molecule has 24 aromatic rings. The van der Waals surface area contributed by atoms with Crippen molar-refractivity contribution in [2.45, 2.75) is 0 Å². The molecule has 0 atom stereocenters. The molecular formula is C120H72N6. The molecule has 582 valence electrons. The van der Waals surface area contributed by atoms with Crippen LogP contribution in [0.25, 0.3) is 240 Å². The molecule has 24 rings (SSSR count). The zero-order chi connectivity index (χ0) is 84.1. The lowest BCUT2D eigenvalue weighted by Crippen LogP contribution is -1.94.